The van der Waals surface area contributed by atoms with Crippen molar-refractivity contribution >= 4 is 22.5 Å². The van der Waals surface area contributed by atoms with Gasteiger partial charge in [-0.2, -0.15) is 0 Å². The molecule has 15 heavy (non-hydrogen) atoms. The summed E-state index contributed by atoms with van der Waals surface area (Å²) in [5, 5.41) is 1.42. The van der Waals surface area contributed by atoms with E-state index < -0.39 is 0 Å². The third-order valence-electron chi connectivity index (χ3n) is 2.21. The van der Waals surface area contributed by atoms with E-state index in [-0.39, 0.29) is 0 Å². The molecule has 2 rings (SSSR count). The number of rotatable bonds is 3. The average Bonchev–Trinajstić information content (AvgIpc) is 2.26. The Bertz CT molecular complexity index is 470. The van der Waals surface area contributed by atoms with Crippen molar-refractivity contribution in [3.05, 3.63) is 35.2 Å². The molecule has 2 aromatic rings. The van der Waals surface area contributed by atoms with E-state index in [4.69, 9.17) is 17.3 Å². The monoisotopic (exact) mass is 221 g/mol. The summed E-state index contributed by atoms with van der Waals surface area (Å²) in [6, 6.07) is 7.73. The molecule has 0 aliphatic rings. The highest BCUT2D eigenvalue weighted by Gasteiger charge is 2.04. The van der Waals surface area contributed by atoms with Gasteiger partial charge in [0.1, 0.15) is 11.0 Å². The lowest BCUT2D eigenvalue weighted by Gasteiger charge is -2.03. The van der Waals surface area contributed by atoms with Gasteiger partial charge >= 0.3 is 0 Å². The summed E-state index contributed by atoms with van der Waals surface area (Å²) in [5.74, 6) is 0.768. The number of halogens is 1. The van der Waals surface area contributed by atoms with Crippen LogP contribution in [0.4, 0.5) is 0 Å². The quantitative estimate of drug-likeness (QED) is 0.809. The number of aromatic nitrogens is 2. The molecule has 0 spiro atoms. The fourth-order valence-corrected chi connectivity index (χ4v) is 1.71. The van der Waals surface area contributed by atoms with Crippen LogP contribution in [0, 0.1) is 0 Å². The first kappa shape index (κ1) is 10.3. The van der Waals surface area contributed by atoms with Gasteiger partial charge in [0.15, 0.2) is 0 Å². The Morgan fingerprint density at radius 2 is 2.00 bits per heavy atom. The number of aryl methyl sites for hydroxylation is 1. The van der Waals surface area contributed by atoms with Gasteiger partial charge < -0.3 is 5.73 Å². The number of para-hydroxylation sites is 1. The van der Waals surface area contributed by atoms with Crippen molar-refractivity contribution < 1.29 is 0 Å². The molecule has 0 atom stereocenters. The van der Waals surface area contributed by atoms with Crippen LogP contribution in [0.5, 0.6) is 0 Å². The zero-order valence-electron chi connectivity index (χ0n) is 8.28. The lowest BCUT2D eigenvalue weighted by atomic mass is 10.2. The Balaban J connectivity index is 2.43. The number of hydrogen-bond donors (Lipinski definition) is 1. The summed E-state index contributed by atoms with van der Waals surface area (Å²) in [4.78, 5) is 8.66. The molecule has 0 radical (unpaired) electrons. The maximum Gasteiger partial charge on any atom is 0.140 e. The van der Waals surface area contributed by atoms with Crippen LogP contribution < -0.4 is 5.73 Å². The van der Waals surface area contributed by atoms with E-state index in [2.05, 4.69) is 9.97 Å². The van der Waals surface area contributed by atoms with Crippen molar-refractivity contribution in [2.45, 2.75) is 12.8 Å². The van der Waals surface area contributed by atoms with Crippen molar-refractivity contribution in [2.24, 2.45) is 5.73 Å². The van der Waals surface area contributed by atoms with E-state index in [1.54, 1.807) is 0 Å². The zero-order valence-corrected chi connectivity index (χ0v) is 9.04. The molecule has 0 fully saturated rings. The Labute approximate surface area is 93.3 Å². The second kappa shape index (κ2) is 4.55. The highest BCUT2D eigenvalue weighted by atomic mass is 35.5. The van der Waals surface area contributed by atoms with Gasteiger partial charge in [-0.1, -0.05) is 23.7 Å². The molecule has 3 nitrogen and oxygen atoms in total. The average molecular weight is 222 g/mol. The summed E-state index contributed by atoms with van der Waals surface area (Å²) < 4.78 is 0. The lowest BCUT2D eigenvalue weighted by Crippen LogP contribution is -2.03. The third-order valence-corrected chi connectivity index (χ3v) is 2.50. The first-order valence-electron chi connectivity index (χ1n) is 4.92. The molecule has 0 aliphatic heterocycles. The molecule has 0 amide bonds. The minimum atomic E-state index is 0.521. The van der Waals surface area contributed by atoms with Crippen LogP contribution in [0.3, 0.4) is 0 Å². The Morgan fingerprint density at radius 3 is 2.80 bits per heavy atom. The Hall–Kier alpha value is -1.19. The summed E-state index contributed by atoms with van der Waals surface area (Å²) in [7, 11) is 0. The number of benzene rings is 1. The van der Waals surface area contributed by atoms with Gasteiger partial charge in [0.2, 0.25) is 0 Å². The summed E-state index contributed by atoms with van der Waals surface area (Å²) in [6.07, 6.45) is 1.66. The smallest absolute Gasteiger partial charge is 0.140 e. The molecular formula is C11H12ClN3. The predicted octanol–water partition coefficient (Wildman–Crippen LogP) is 2.17. The topological polar surface area (TPSA) is 51.8 Å². The minimum Gasteiger partial charge on any atom is -0.330 e. The second-order valence-electron chi connectivity index (χ2n) is 3.34. The Kier molecular flexibility index (Phi) is 3.14. The van der Waals surface area contributed by atoms with Gasteiger partial charge in [-0.25, -0.2) is 9.97 Å². The fraction of sp³-hybridized carbons (Fsp3) is 0.273. The minimum absolute atomic E-state index is 0.521. The lowest BCUT2D eigenvalue weighted by molar-refractivity contribution is 0.787. The normalized spacial score (nSPS) is 10.8. The molecule has 0 bridgehead atoms. The molecule has 1 aromatic heterocycles. The molecule has 1 aromatic carbocycles. The van der Waals surface area contributed by atoms with Gasteiger partial charge in [-0.3, -0.25) is 0 Å². The number of hydrogen-bond acceptors (Lipinski definition) is 3. The number of nitrogens with two attached hydrogens (primary N) is 1. The van der Waals surface area contributed by atoms with Crippen LogP contribution in [-0.2, 0) is 6.42 Å². The summed E-state index contributed by atoms with van der Waals surface area (Å²) in [6.45, 7) is 0.647. The standard InChI is InChI=1S/C11H12ClN3/c12-11-8-4-1-2-5-9(8)14-10(15-11)6-3-7-13/h1-2,4-5H,3,6-7,13H2. The van der Waals surface area contributed by atoms with Crippen molar-refractivity contribution in [3.63, 3.8) is 0 Å². The SMILES string of the molecule is NCCCc1nc(Cl)c2ccccc2n1. The molecule has 78 valence electrons. The van der Waals surface area contributed by atoms with E-state index in [0.717, 1.165) is 29.6 Å². The Morgan fingerprint density at radius 1 is 1.20 bits per heavy atom. The summed E-state index contributed by atoms with van der Waals surface area (Å²) in [5.41, 5.74) is 6.33. The van der Waals surface area contributed by atoms with E-state index in [9.17, 15) is 0 Å². The van der Waals surface area contributed by atoms with Gasteiger partial charge in [0, 0.05) is 11.8 Å². The number of nitrogens with zero attached hydrogens (tertiary/aromatic N) is 2. The molecule has 0 saturated carbocycles. The van der Waals surface area contributed by atoms with Crippen LogP contribution in [0.25, 0.3) is 10.9 Å². The molecule has 0 unspecified atom stereocenters. The van der Waals surface area contributed by atoms with Crippen LogP contribution >= 0.6 is 11.6 Å². The molecule has 0 aliphatic carbocycles. The maximum absolute atomic E-state index is 6.06. The number of fused-ring (bicyclic) bond motifs is 1. The van der Waals surface area contributed by atoms with E-state index >= 15 is 0 Å². The largest absolute Gasteiger partial charge is 0.330 e. The van der Waals surface area contributed by atoms with E-state index in [1.165, 1.54) is 0 Å². The van der Waals surface area contributed by atoms with E-state index in [0.29, 0.717) is 11.7 Å². The van der Waals surface area contributed by atoms with Crippen molar-refractivity contribution in [3.8, 4) is 0 Å². The highest BCUT2D eigenvalue weighted by Crippen LogP contribution is 2.19. The molecule has 2 N–H and O–H groups in total. The van der Waals surface area contributed by atoms with Crippen molar-refractivity contribution in [2.75, 3.05) is 6.54 Å². The highest BCUT2D eigenvalue weighted by molar-refractivity contribution is 6.34. The maximum atomic E-state index is 6.06. The van der Waals surface area contributed by atoms with Gasteiger partial charge in [0.05, 0.1) is 5.52 Å². The van der Waals surface area contributed by atoms with Gasteiger partial charge in [0.25, 0.3) is 0 Å². The fourth-order valence-electron chi connectivity index (χ4n) is 1.46. The van der Waals surface area contributed by atoms with Crippen molar-refractivity contribution in [1.29, 1.82) is 0 Å². The van der Waals surface area contributed by atoms with E-state index in [1.807, 2.05) is 24.3 Å². The van der Waals surface area contributed by atoms with Crippen LogP contribution in [0.1, 0.15) is 12.2 Å². The van der Waals surface area contributed by atoms with Crippen LogP contribution in [0.15, 0.2) is 24.3 Å². The second-order valence-corrected chi connectivity index (χ2v) is 3.70. The first-order chi connectivity index (χ1) is 7.31. The molecule has 0 saturated heterocycles. The third kappa shape index (κ3) is 2.25. The van der Waals surface area contributed by atoms with Gasteiger partial charge in [-0.05, 0) is 25.1 Å². The predicted molar refractivity (Wildman–Crippen MR) is 61.9 cm³/mol. The zero-order chi connectivity index (χ0) is 10.7. The van der Waals surface area contributed by atoms with Gasteiger partial charge in [-0.15, -0.1) is 0 Å². The van der Waals surface area contributed by atoms with Crippen LogP contribution in [-0.4, -0.2) is 16.5 Å². The molecule has 1 heterocycles. The molecular weight excluding hydrogens is 210 g/mol. The van der Waals surface area contributed by atoms with Crippen LogP contribution in [0.2, 0.25) is 5.15 Å². The summed E-state index contributed by atoms with van der Waals surface area (Å²) >= 11 is 6.06. The molecule has 4 heteroatoms. The van der Waals surface area contributed by atoms with Crippen molar-refractivity contribution in [1.82, 2.24) is 9.97 Å². The first-order valence-corrected chi connectivity index (χ1v) is 5.30.